The first-order chi connectivity index (χ1) is 9.15. The van der Waals surface area contributed by atoms with Crippen LogP contribution in [0.5, 0.6) is 0 Å². The Hall–Kier alpha value is -2.34. The minimum absolute atomic E-state index is 0.0143. The van der Waals surface area contributed by atoms with Crippen LogP contribution in [0, 0.1) is 18.3 Å². The number of nitrogens with zero attached hydrogens (tertiary/aromatic N) is 1. The molecule has 1 N–H and O–H groups in total. The van der Waals surface area contributed by atoms with Crippen LogP contribution in [0.15, 0.2) is 35.1 Å². The van der Waals surface area contributed by atoms with Crippen LogP contribution >= 0.6 is 0 Å². The quantitative estimate of drug-likeness (QED) is 0.912. The Morgan fingerprint density at radius 1 is 1.32 bits per heavy atom. The van der Waals surface area contributed by atoms with E-state index in [-0.39, 0.29) is 5.56 Å². The van der Waals surface area contributed by atoms with Crippen LogP contribution in [-0.4, -0.2) is 4.98 Å². The first kappa shape index (κ1) is 13.1. The molecule has 2 aromatic rings. The number of aromatic nitrogens is 1. The van der Waals surface area contributed by atoms with Crippen LogP contribution in [0.1, 0.15) is 30.2 Å². The lowest BCUT2D eigenvalue weighted by atomic mass is 9.99. The second-order valence-corrected chi connectivity index (χ2v) is 4.60. The molecular weight excluding hydrogens is 236 g/mol. The van der Waals surface area contributed by atoms with Crippen molar-refractivity contribution in [3.63, 3.8) is 0 Å². The number of nitriles is 1. The van der Waals surface area contributed by atoms with Gasteiger partial charge in [0, 0.05) is 16.8 Å². The van der Waals surface area contributed by atoms with Gasteiger partial charge in [0.1, 0.15) is 0 Å². The molecule has 0 saturated heterocycles. The summed E-state index contributed by atoms with van der Waals surface area (Å²) in [5.41, 5.74) is 4.19. The van der Waals surface area contributed by atoms with E-state index in [0.717, 1.165) is 35.2 Å². The summed E-state index contributed by atoms with van der Waals surface area (Å²) in [6.07, 6.45) is 1.70. The third-order valence-electron chi connectivity index (χ3n) is 3.14. The van der Waals surface area contributed by atoms with Crippen molar-refractivity contribution in [2.45, 2.75) is 26.7 Å². The van der Waals surface area contributed by atoms with Gasteiger partial charge in [-0.1, -0.05) is 25.5 Å². The Bertz CT molecular complexity index is 693. The van der Waals surface area contributed by atoms with E-state index in [0.29, 0.717) is 5.56 Å². The van der Waals surface area contributed by atoms with Gasteiger partial charge in [-0.3, -0.25) is 4.79 Å². The lowest BCUT2D eigenvalue weighted by Gasteiger charge is -2.08. The maximum atomic E-state index is 11.8. The zero-order valence-corrected chi connectivity index (χ0v) is 11.2. The summed E-state index contributed by atoms with van der Waals surface area (Å²) in [7, 11) is 0. The molecule has 0 bridgehead atoms. The van der Waals surface area contributed by atoms with Crippen molar-refractivity contribution in [1.29, 1.82) is 5.26 Å². The normalized spacial score (nSPS) is 10.2. The van der Waals surface area contributed by atoms with Crippen molar-refractivity contribution in [2.24, 2.45) is 0 Å². The summed E-state index contributed by atoms with van der Waals surface area (Å²) in [4.78, 5) is 14.7. The maximum absolute atomic E-state index is 11.8. The molecule has 0 unspecified atom stereocenters. The highest BCUT2D eigenvalue weighted by molar-refractivity contribution is 5.67. The first-order valence-corrected chi connectivity index (χ1v) is 6.39. The number of nitrogens with one attached hydrogen (secondary N) is 1. The fourth-order valence-corrected chi connectivity index (χ4v) is 2.18. The van der Waals surface area contributed by atoms with Gasteiger partial charge in [0.25, 0.3) is 5.56 Å². The van der Waals surface area contributed by atoms with Crippen LogP contribution in [0.2, 0.25) is 0 Å². The molecule has 19 heavy (non-hydrogen) atoms. The molecule has 0 amide bonds. The average molecular weight is 252 g/mol. The smallest absolute Gasteiger partial charge is 0.251 e. The van der Waals surface area contributed by atoms with E-state index in [9.17, 15) is 4.79 Å². The van der Waals surface area contributed by atoms with E-state index in [1.807, 2.05) is 31.2 Å². The number of rotatable bonds is 3. The van der Waals surface area contributed by atoms with E-state index >= 15 is 0 Å². The van der Waals surface area contributed by atoms with Crippen molar-refractivity contribution in [3.05, 3.63) is 57.5 Å². The molecule has 1 aromatic carbocycles. The molecule has 2 rings (SSSR count). The zero-order chi connectivity index (χ0) is 13.8. The topological polar surface area (TPSA) is 56.6 Å². The summed E-state index contributed by atoms with van der Waals surface area (Å²) in [6.45, 7) is 3.93. The van der Waals surface area contributed by atoms with Gasteiger partial charge in [0.05, 0.1) is 11.6 Å². The third kappa shape index (κ3) is 2.74. The molecular formula is C16H16N2O. The predicted molar refractivity (Wildman–Crippen MR) is 75.9 cm³/mol. The molecule has 3 heteroatoms. The van der Waals surface area contributed by atoms with Crippen LogP contribution in [-0.2, 0) is 6.42 Å². The SMILES string of the molecule is CCCc1cc(-c2cccc(C#N)c2)c(C)[nH]c1=O. The van der Waals surface area contributed by atoms with Gasteiger partial charge in [0.15, 0.2) is 0 Å². The van der Waals surface area contributed by atoms with E-state index in [1.165, 1.54) is 0 Å². The molecule has 0 atom stereocenters. The Kier molecular flexibility index (Phi) is 3.82. The van der Waals surface area contributed by atoms with Gasteiger partial charge < -0.3 is 4.98 Å². The van der Waals surface area contributed by atoms with Gasteiger partial charge in [-0.05, 0) is 37.1 Å². The van der Waals surface area contributed by atoms with E-state index in [1.54, 1.807) is 6.07 Å². The van der Waals surface area contributed by atoms with Crippen LogP contribution < -0.4 is 5.56 Å². The molecule has 0 aliphatic heterocycles. The standard InChI is InChI=1S/C16H16N2O/c1-3-5-14-9-15(11(2)18-16(14)19)13-7-4-6-12(8-13)10-17/h4,6-9H,3,5H2,1-2H3,(H,18,19). The van der Waals surface area contributed by atoms with Gasteiger partial charge in [0.2, 0.25) is 0 Å². The highest BCUT2D eigenvalue weighted by atomic mass is 16.1. The van der Waals surface area contributed by atoms with Gasteiger partial charge in [-0.15, -0.1) is 0 Å². The fraction of sp³-hybridized carbons (Fsp3) is 0.250. The Morgan fingerprint density at radius 3 is 2.79 bits per heavy atom. The minimum atomic E-state index is -0.0143. The Labute approximate surface area is 112 Å². The molecule has 0 saturated carbocycles. The number of hydrogen-bond donors (Lipinski definition) is 1. The monoisotopic (exact) mass is 252 g/mol. The maximum Gasteiger partial charge on any atom is 0.251 e. The summed E-state index contributed by atoms with van der Waals surface area (Å²) in [5.74, 6) is 0. The Balaban J connectivity index is 2.58. The molecule has 0 aliphatic carbocycles. The minimum Gasteiger partial charge on any atom is -0.326 e. The molecule has 0 fully saturated rings. The number of H-pyrrole nitrogens is 1. The van der Waals surface area contributed by atoms with Crippen LogP contribution in [0.3, 0.4) is 0 Å². The molecule has 3 nitrogen and oxygen atoms in total. The van der Waals surface area contributed by atoms with E-state index in [4.69, 9.17) is 5.26 Å². The van der Waals surface area contributed by atoms with E-state index in [2.05, 4.69) is 18.0 Å². The fourth-order valence-electron chi connectivity index (χ4n) is 2.18. The number of hydrogen-bond acceptors (Lipinski definition) is 2. The van der Waals surface area contributed by atoms with Crippen molar-refractivity contribution < 1.29 is 0 Å². The van der Waals surface area contributed by atoms with Gasteiger partial charge in [-0.2, -0.15) is 5.26 Å². The van der Waals surface area contributed by atoms with E-state index < -0.39 is 0 Å². The molecule has 0 aliphatic rings. The number of pyridine rings is 1. The van der Waals surface area contributed by atoms with Crippen LogP contribution in [0.25, 0.3) is 11.1 Å². The average Bonchev–Trinajstić information content (AvgIpc) is 2.42. The molecule has 0 spiro atoms. The zero-order valence-electron chi connectivity index (χ0n) is 11.2. The first-order valence-electron chi connectivity index (χ1n) is 6.39. The summed E-state index contributed by atoms with van der Waals surface area (Å²) >= 11 is 0. The highest BCUT2D eigenvalue weighted by Crippen LogP contribution is 2.23. The van der Waals surface area contributed by atoms with Crippen molar-refractivity contribution in [2.75, 3.05) is 0 Å². The Morgan fingerprint density at radius 2 is 2.11 bits per heavy atom. The summed E-state index contributed by atoms with van der Waals surface area (Å²) in [5, 5.41) is 8.95. The number of aromatic amines is 1. The van der Waals surface area contributed by atoms with Crippen molar-refractivity contribution >= 4 is 0 Å². The molecule has 0 radical (unpaired) electrons. The number of aryl methyl sites for hydroxylation is 2. The van der Waals surface area contributed by atoms with Crippen molar-refractivity contribution in [3.8, 4) is 17.2 Å². The van der Waals surface area contributed by atoms with Gasteiger partial charge >= 0.3 is 0 Å². The third-order valence-corrected chi connectivity index (χ3v) is 3.14. The summed E-state index contributed by atoms with van der Waals surface area (Å²) < 4.78 is 0. The molecule has 96 valence electrons. The second-order valence-electron chi connectivity index (χ2n) is 4.60. The largest absolute Gasteiger partial charge is 0.326 e. The second kappa shape index (κ2) is 5.53. The van der Waals surface area contributed by atoms with Crippen LogP contribution in [0.4, 0.5) is 0 Å². The molecule has 1 heterocycles. The lowest BCUT2D eigenvalue weighted by Crippen LogP contribution is -2.14. The highest BCUT2D eigenvalue weighted by Gasteiger charge is 2.07. The van der Waals surface area contributed by atoms with Gasteiger partial charge in [-0.25, -0.2) is 0 Å². The van der Waals surface area contributed by atoms with Crippen molar-refractivity contribution in [1.82, 2.24) is 4.98 Å². The predicted octanol–water partition coefficient (Wildman–Crippen LogP) is 3.17. The molecule has 1 aromatic heterocycles. The lowest BCUT2D eigenvalue weighted by molar-refractivity contribution is 0.896. The summed E-state index contributed by atoms with van der Waals surface area (Å²) in [6, 6.07) is 11.5. The number of benzene rings is 1.